The molecule has 248 valence electrons. The largest absolute Gasteiger partial charge is 0.489 e. The van der Waals surface area contributed by atoms with Gasteiger partial charge in [-0.15, -0.1) is 0 Å². The van der Waals surface area contributed by atoms with Gasteiger partial charge < -0.3 is 34.1 Å². The van der Waals surface area contributed by atoms with Crippen LogP contribution in [-0.2, 0) is 36.8 Å². The Morgan fingerprint density at radius 3 is 2.39 bits per heavy atom. The predicted molar refractivity (Wildman–Crippen MR) is 172 cm³/mol. The molecule has 0 bridgehead atoms. The van der Waals surface area contributed by atoms with Crippen LogP contribution in [0.3, 0.4) is 0 Å². The molecule has 10 nitrogen and oxygen atoms in total. The number of carbonyl (C=O) groups is 1. The highest BCUT2D eigenvalue weighted by atomic mass is 16.7. The van der Waals surface area contributed by atoms with Crippen LogP contribution in [0.25, 0.3) is 0 Å². The lowest BCUT2D eigenvalue weighted by molar-refractivity contribution is -0.0907. The Bertz CT molecular complexity index is 1310. The minimum Gasteiger partial charge on any atom is -0.489 e. The van der Waals surface area contributed by atoms with E-state index in [2.05, 4.69) is 35.9 Å². The Balaban J connectivity index is 0.000000232. The third-order valence-electron chi connectivity index (χ3n) is 8.26. The maximum absolute atomic E-state index is 12.6. The van der Waals surface area contributed by atoms with Crippen LogP contribution in [-0.4, -0.2) is 74.8 Å². The van der Waals surface area contributed by atoms with Crippen molar-refractivity contribution >= 4 is 6.09 Å². The molecule has 1 amide bonds. The van der Waals surface area contributed by atoms with E-state index in [0.717, 1.165) is 30.6 Å². The summed E-state index contributed by atoms with van der Waals surface area (Å²) in [5.74, 6) is 0.997. The highest BCUT2D eigenvalue weighted by Crippen LogP contribution is 2.33. The molecular weight excluding hydrogens is 588 g/mol. The Morgan fingerprint density at radius 1 is 0.913 bits per heavy atom. The topological polar surface area (TPSA) is 117 Å². The van der Waals surface area contributed by atoms with Gasteiger partial charge in [0.15, 0.2) is 6.29 Å². The monoisotopic (exact) mass is 634 g/mol. The molecule has 3 saturated heterocycles. The van der Waals surface area contributed by atoms with Gasteiger partial charge in [-0.2, -0.15) is 5.48 Å². The van der Waals surface area contributed by atoms with Gasteiger partial charge in [-0.05, 0) is 61.4 Å². The molecule has 3 aromatic carbocycles. The second-order valence-electron chi connectivity index (χ2n) is 11.8. The van der Waals surface area contributed by atoms with Crippen molar-refractivity contribution in [3.05, 3.63) is 102 Å². The predicted octanol–water partition coefficient (Wildman–Crippen LogP) is 4.72. The van der Waals surface area contributed by atoms with Crippen LogP contribution in [0.1, 0.15) is 36.0 Å². The molecule has 3 aliphatic rings. The molecule has 0 unspecified atom stereocenters. The van der Waals surface area contributed by atoms with Gasteiger partial charge in [0.1, 0.15) is 18.5 Å². The Hall–Kier alpha value is -3.51. The fourth-order valence-corrected chi connectivity index (χ4v) is 5.66. The highest BCUT2D eigenvalue weighted by Gasteiger charge is 2.44. The number of hydroxylamine groups is 1. The molecule has 10 heteroatoms. The molecule has 3 aromatic rings. The maximum atomic E-state index is 12.6. The summed E-state index contributed by atoms with van der Waals surface area (Å²) in [6.07, 6.45) is 0.926. The number of ether oxygens (including phenoxy) is 5. The molecule has 46 heavy (non-hydrogen) atoms. The number of carbonyl (C=O) groups excluding carboxylic acids is 1. The Kier molecular flexibility index (Phi) is 13.2. The first-order valence-electron chi connectivity index (χ1n) is 16.2. The average molecular weight is 635 g/mol. The number of benzene rings is 3. The van der Waals surface area contributed by atoms with E-state index in [1.54, 1.807) is 0 Å². The quantitative estimate of drug-likeness (QED) is 0.244. The van der Waals surface area contributed by atoms with Crippen LogP contribution in [0.2, 0.25) is 0 Å². The lowest BCUT2D eigenvalue weighted by Gasteiger charge is -2.27. The fraction of sp³-hybridized carbons (Fsp3) is 0.472. The Morgan fingerprint density at radius 2 is 1.65 bits per heavy atom. The fourth-order valence-electron chi connectivity index (χ4n) is 5.66. The van der Waals surface area contributed by atoms with Gasteiger partial charge in [-0.1, -0.05) is 72.8 Å². The van der Waals surface area contributed by atoms with Crippen molar-refractivity contribution < 1.29 is 38.4 Å². The number of hydrogen-bond acceptors (Lipinski definition) is 9. The average Bonchev–Trinajstić information content (AvgIpc) is 3.71. The first-order chi connectivity index (χ1) is 22.5. The first kappa shape index (κ1) is 33.8. The SMILES string of the molecule is Cc1cccc(OCc2ccccc2)c1.O=C(N[C@@H](Cc1ccccc1)[C@H](O)CNOC1CCOCC1)O[C@H]1CO[C@H]2OCC[C@H]21. The zero-order valence-corrected chi connectivity index (χ0v) is 26.4. The zero-order chi connectivity index (χ0) is 32.0. The summed E-state index contributed by atoms with van der Waals surface area (Å²) >= 11 is 0. The molecule has 0 aliphatic carbocycles. The van der Waals surface area contributed by atoms with Gasteiger partial charge in [0.25, 0.3) is 0 Å². The van der Waals surface area contributed by atoms with Crippen LogP contribution >= 0.6 is 0 Å². The van der Waals surface area contributed by atoms with Crippen molar-refractivity contribution in [1.29, 1.82) is 0 Å². The maximum Gasteiger partial charge on any atom is 0.407 e. The standard InChI is InChI=1S/C22H32N2O7.C14H14O/c25-19(13-23-31-16-6-9-27-10-7-16)18(12-15-4-2-1-3-5-15)24-22(26)30-20-14-29-21-17(20)8-11-28-21;1-12-6-5-9-14(10-12)15-11-13-7-3-2-4-8-13/h1-5,16-21,23,25H,6-14H2,(H,24,26);2-10H,11H2,1H3/t17-,18-,19+,20-,21+;/m0./s1. The third-order valence-corrected chi connectivity index (χ3v) is 8.26. The van der Waals surface area contributed by atoms with Gasteiger partial charge in [0.2, 0.25) is 0 Å². The smallest absolute Gasteiger partial charge is 0.407 e. The lowest BCUT2D eigenvalue weighted by Crippen LogP contribution is -2.50. The molecule has 3 aliphatic heterocycles. The number of fused-ring (bicyclic) bond motifs is 1. The normalized spacial score (nSPS) is 22.2. The summed E-state index contributed by atoms with van der Waals surface area (Å²) < 4.78 is 27.6. The minimum absolute atomic E-state index is 0.0652. The number of aliphatic hydroxyl groups excluding tert-OH is 1. The number of rotatable bonds is 12. The molecule has 0 saturated carbocycles. The highest BCUT2D eigenvalue weighted by molar-refractivity contribution is 5.68. The van der Waals surface area contributed by atoms with Crippen molar-refractivity contribution in [2.24, 2.45) is 5.92 Å². The molecule has 0 radical (unpaired) electrons. The first-order valence-corrected chi connectivity index (χ1v) is 16.2. The summed E-state index contributed by atoms with van der Waals surface area (Å²) in [6.45, 7) is 5.17. The van der Waals surface area contributed by atoms with Crippen molar-refractivity contribution in [2.75, 3.05) is 33.0 Å². The molecular formula is C36H46N2O8. The second-order valence-corrected chi connectivity index (χ2v) is 11.8. The summed E-state index contributed by atoms with van der Waals surface area (Å²) in [4.78, 5) is 18.3. The van der Waals surface area contributed by atoms with E-state index < -0.39 is 18.2 Å². The van der Waals surface area contributed by atoms with Crippen molar-refractivity contribution in [1.82, 2.24) is 10.8 Å². The molecule has 5 atom stereocenters. The number of amides is 1. The number of alkyl carbamates (subject to hydrolysis) is 1. The number of nitrogens with one attached hydrogen (secondary N) is 2. The van der Waals surface area contributed by atoms with Crippen LogP contribution < -0.4 is 15.5 Å². The van der Waals surface area contributed by atoms with Crippen molar-refractivity contribution in [2.45, 2.75) is 69.9 Å². The number of aliphatic hydroxyl groups is 1. The molecule has 3 heterocycles. The van der Waals surface area contributed by atoms with Crippen molar-refractivity contribution in [3.8, 4) is 5.75 Å². The van der Waals surface area contributed by atoms with Crippen LogP contribution in [0.15, 0.2) is 84.9 Å². The Labute approximate surface area is 271 Å². The van der Waals surface area contributed by atoms with Gasteiger partial charge in [0.05, 0.1) is 37.4 Å². The molecule has 3 N–H and O–H groups in total. The van der Waals surface area contributed by atoms with Gasteiger partial charge in [-0.25, -0.2) is 4.79 Å². The minimum atomic E-state index is -0.866. The van der Waals surface area contributed by atoms with E-state index in [4.69, 9.17) is 28.5 Å². The number of aryl methyl sites for hydroxylation is 1. The van der Waals surface area contributed by atoms with E-state index in [1.807, 2.05) is 66.7 Å². The van der Waals surface area contributed by atoms with Crippen LogP contribution in [0, 0.1) is 12.8 Å². The van der Waals surface area contributed by atoms with Gasteiger partial charge in [-0.3, -0.25) is 4.84 Å². The van der Waals surface area contributed by atoms with E-state index >= 15 is 0 Å². The number of hydrogen-bond donors (Lipinski definition) is 3. The van der Waals surface area contributed by atoms with Gasteiger partial charge in [0, 0.05) is 19.8 Å². The van der Waals surface area contributed by atoms with E-state index in [1.165, 1.54) is 11.1 Å². The summed E-state index contributed by atoms with van der Waals surface area (Å²) in [5, 5.41) is 13.6. The van der Waals surface area contributed by atoms with E-state index in [-0.39, 0.29) is 31.0 Å². The third kappa shape index (κ3) is 10.8. The summed E-state index contributed by atoms with van der Waals surface area (Å²) in [7, 11) is 0. The second kappa shape index (κ2) is 18.0. The molecule has 3 fully saturated rings. The zero-order valence-electron chi connectivity index (χ0n) is 26.4. The summed E-state index contributed by atoms with van der Waals surface area (Å²) in [6, 6.07) is 27.5. The lowest BCUT2D eigenvalue weighted by atomic mass is 10.0. The van der Waals surface area contributed by atoms with Crippen LogP contribution in [0.4, 0.5) is 4.79 Å². The van der Waals surface area contributed by atoms with E-state index in [0.29, 0.717) is 39.5 Å². The van der Waals surface area contributed by atoms with Crippen molar-refractivity contribution in [3.63, 3.8) is 0 Å². The molecule has 6 rings (SSSR count). The van der Waals surface area contributed by atoms with Crippen LogP contribution in [0.5, 0.6) is 5.75 Å². The molecule has 0 spiro atoms. The summed E-state index contributed by atoms with van der Waals surface area (Å²) in [5.41, 5.74) is 6.29. The van der Waals surface area contributed by atoms with E-state index in [9.17, 15) is 9.90 Å². The van der Waals surface area contributed by atoms with Gasteiger partial charge >= 0.3 is 6.09 Å². The molecule has 0 aromatic heterocycles.